The number of esters is 1. The van der Waals surface area contributed by atoms with Crippen LogP contribution in [-0.2, 0) is 14.3 Å². The van der Waals surface area contributed by atoms with Gasteiger partial charge < -0.3 is 19.1 Å². The van der Waals surface area contributed by atoms with E-state index in [-0.39, 0.29) is 13.2 Å². The maximum absolute atomic E-state index is 13.8. The van der Waals surface area contributed by atoms with Crippen LogP contribution in [0.4, 0.5) is 10.5 Å². The molecule has 33 heavy (non-hydrogen) atoms. The summed E-state index contributed by atoms with van der Waals surface area (Å²) in [6.07, 6.45) is 0. The summed E-state index contributed by atoms with van der Waals surface area (Å²) in [6.45, 7) is 3.69. The number of anilines is 1. The highest BCUT2D eigenvalue weighted by atomic mass is 35.5. The third-order valence-electron chi connectivity index (χ3n) is 6.85. The van der Waals surface area contributed by atoms with Crippen molar-refractivity contribution in [1.29, 1.82) is 0 Å². The van der Waals surface area contributed by atoms with E-state index < -0.39 is 41.3 Å². The number of imide groups is 1. The van der Waals surface area contributed by atoms with E-state index in [1.807, 2.05) is 6.07 Å². The molecule has 0 bridgehead atoms. The fraction of sp³-hybridized carbons (Fsp3) is 0.375. The van der Waals surface area contributed by atoms with E-state index in [0.717, 1.165) is 10.5 Å². The second kappa shape index (κ2) is 7.66. The molecule has 0 saturated carbocycles. The summed E-state index contributed by atoms with van der Waals surface area (Å²) in [5.74, 6) is -1.13. The Kier molecular flexibility index (Phi) is 5.01. The highest BCUT2D eigenvalue weighted by Gasteiger charge is 2.72. The Morgan fingerprint density at radius 1 is 1.21 bits per heavy atom. The van der Waals surface area contributed by atoms with Crippen LogP contribution in [0.15, 0.2) is 42.5 Å². The topological polar surface area (TPSA) is 85.4 Å². The second-order valence-electron chi connectivity index (χ2n) is 8.47. The standard InChI is InChI=1S/C24H23ClN2O6/c1-4-32-21(28)19-17-12-33-18-11-15(31-3)9-10-16(18)20(17)27-23(30)26(22(29)24(19,27)2)14-7-5-13(25)6-8-14/h5-11,17,19-20H,4,12H2,1-3H3/t17-,19+,20-,24+/m1/s1. The largest absolute Gasteiger partial charge is 0.497 e. The zero-order valence-corrected chi connectivity index (χ0v) is 19.2. The number of amides is 3. The molecule has 3 aliphatic heterocycles. The molecule has 9 heteroatoms. The number of urea groups is 1. The number of benzene rings is 2. The SMILES string of the molecule is CCOC(=O)[C@@H]1[C@H]2COc3cc(OC)ccc3[C@H]2N2C(=O)N(c3ccc(Cl)cc3)C(=O)[C@]12C. The van der Waals surface area contributed by atoms with Gasteiger partial charge in [0.1, 0.15) is 17.0 Å². The molecule has 3 aliphatic rings. The van der Waals surface area contributed by atoms with Crippen LogP contribution in [0.3, 0.4) is 0 Å². The minimum Gasteiger partial charge on any atom is -0.497 e. The van der Waals surface area contributed by atoms with E-state index in [1.165, 1.54) is 4.90 Å². The first-order chi connectivity index (χ1) is 15.8. The average Bonchev–Trinajstić information content (AvgIpc) is 3.19. The molecule has 0 aliphatic carbocycles. The molecular formula is C24H23ClN2O6. The van der Waals surface area contributed by atoms with Crippen LogP contribution >= 0.6 is 11.6 Å². The minimum atomic E-state index is -1.43. The van der Waals surface area contributed by atoms with Crippen molar-refractivity contribution in [2.45, 2.75) is 25.4 Å². The third-order valence-corrected chi connectivity index (χ3v) is 7.10. The number of rotatable bonds is 4. The Morgan fingerprint density at radius 2 is 1.94 bits per heavy atom. The Balaban J connectivity index is 1.66. The monoisotopic (exact) mass is 470 g/mol. The molecule has 0 radical (unpaired) electrons. The van der Waals surface area contributed by atoms with E-state index in [2.05, 4.69) is 0 Å². The van der Waals surface area contributed by atoms with Gasteiger partial charge in [-0.3, -0.25) is 9.59 Å². The maximum Gasteiger partial charge on any atom is 0.332 e. The van der Waals surface area contributed by atoms with Crippen LogP contribution in [0.5, 0.6) is 11.5 Å². The van der Waals surface area contributed by atoms with Gasteiger partial charge in [0.25, 0.3) is 5.91 Å². The summed E-state index contributed by atoms with van der Waals surface area (Å²) in [6, 6.07) is 10.8. The molecule has 172 valence electrons. The number of nitrogens with zero attached hydrogens (tertiary/aromatic N) is 2. The van der Waals surface area contributed by atoms with Crippen LogP contribution in [-0.4, -0.2) is 48.7 Å². The Labute approximate surface area is 195 Å². The van der Waals surface area contributed by atoms with Crippen molar-refractivity contribution in [2.24, 2.45) is 11.8 Å². The van der Waals surface area contributed by atoms with Gasteiger partial charge in [-0.25, -0.2) is 9.69 Å². The molecule has 3 heterocycles. The van der Waals surface area contributed by atoms with Gasteiger partial charge in [0.05, 0.1) is 38.0 Å². The van der Waals surface area contributed by atoms with Crippen molar-refractivity contribution in [2.75, 3.05) is 25.2 Å². The number of ether oxygens (including phenoxy) is 3. The first-order valence-corrected chi connectivity index (χ1v) is 11.1. The average molecular weight is 471 g/mol. The lowest BCUT2D eigenvalue weighted by molar-refractivity contribution is -0.154. The summed E-state index contributed by atoms with van der Waals surface area (Å²) in [5, 5.41) is 0.487. The van der Waals surface area contributed by atoms with E-state index >= 15 is 0 Å². The lowest BCUT2D eigenvalue weighted by Gasteiger charge is -2.34. The zero-order valence-electron chi connectivity index (χ0n) is 18.4. The molecular weight excluding hydrogens is 448 g/mol. The molecule has 4 atom stereocenters. The van der Waals surface area contributed by atoms with Gasteiger partial charge in [-0.1, -0.05) is 11.6 Å². The van der Waals surface area contributed by atoms with Crippen molar-refractivity contribution < 1.29 is 28.6 Å². The molecule has 2 aromatic carbocycles. The minimum absolute atomic E-state index is 0.167. The Hall–Kier alpha value is -3.26. The molecule has 2 saturated heterocycles. The predicted molar refractivity (Wildman–Crippen MR) is 119 cm³/mol. The normalized spacial score (nSPS) is 27.6. The van der Waals surface area contributed by atoms with Gasteiger partial charge in [-0.15, -0.1) is 0 Å². The second-order valence-corrected chi connectivity index (χ2v) is 8.91. The summed E-state index contributed by atoms with van der Waals surface area (Å²) in [7, 11) is 1.56. The molecule has 2 fully saturated rings. The molecule has 5 rings (SSSR count). The van der Waals surface area contributed by atoms with Crippen LogP contribution in [0.25, 0.3) is 0 Å². The number of hydrogen-bond acceptors (Lipinski definition) is 6. The van der Waals surface area contributed by atoms with Crippen molar-refractivity contribution in [3.63, 3.8) is 0 Å². The third kappa shape index (κ3) is 2.93. The Bertz CT molecular complexity index is 1150. The maximum atomic E-state index is 13.8. The van der Waals surface area contributed by atoms with E-state index in [1.54, 1.807) is 57.4 Å². The summed E-state index contributed by atoms with van der Waals surface area (Å²) in [4.78, 5) is 43.5. The molecule has 0 aromatic heterocycles. The number of hydrogen-bond donors (Lipinski definition) is 0. The number of carbonyl (C=O) groups excluding carboxylic acids is 3. The zero-order chi connectivity index (χ0) is 23.5. The van der Waals surface area contributed by atoms with Crippen LogP contribution in [0.1, 0.15) is 25.5 Å². The van der Waals surface area contributed by atoms with Crippen molar-refractivity contribution in [1.82, 2.24) is 4.90 Å². The lowest BCUT2D eigenvalue weighted by atomic mass is 9.77. The van der Waals surface area contributed by atoms with Gasteiger partial charge in [0, 0.05) is 22.6 Å². The van der Waals surface area contributed by atoms with Gasteiger partial charge in [-0.2, -0.15) is 0 Å². The van der Waals surface area contributed by atoms with E-state index in [9.17, 15) is 14.4 Å². The lowest BCUT2D eigenvalue weighted by Crippen LogP contribution is -2.51. The van der Waals surface area contributed by atoms with Crippen LogP contribution in [0.2, 0.25) is 5.02 Å². The van der Waals surface area contributed by atoms with Gasteiger partial charge in [0.15, 0.2) is 0 Å². The summed E-state index contributed by atoms with van der Waals surface area (Å²) >= 11 is 6.00. The molecule has 8 nitrogen and oxygen atoms in total. The number of fused-ring (bicyclic) bond motifs is 5. The summed E-state index contributed by atoms with van der Waals surface area (Å²) < 4.78 is 16.7. The van der Waals surface area contributed by atoms with Crippen molar-refractivity contribution >= 4 is 35.2 Å². The first-order valence-electron chi connectivity index (χ1n) is 10.7. The smallest absolute Gasteiger partial charge is 0.332 e. The fourth-order valence-electron chi connectivity index (χ4n) is 5.41. The Morgan fingerprint density at radius 3 is 2.61 bits per heavy atom. The van der Waals surface area contributed by atoms with Crippen molar-refractivity contribution in [3.8, 4) is 11.5 Å². The van der Waals surface area contributed by atoms with Gasteiger partial charge >= 0.3 is 12.0 Å². The number of halogens is 1. The molecule has 2 aromatic rings. The fourth-order valence-corrected chi connectivity index (χ4v) is 5.54. The van der Waals surface area contributed by atoms with Gasteiger partial charge in [-0.05, 0) is 50.2 Å². The van der Waals surface area contributed by atoms with Gasteiger partial charge in [0.2, 0.25) is 0 Å². The van der Waals surface area contributed by atoms with E-state index in [4.69, 9.17) is 25.8 Å². The molecule has 3 amide bonds. The molecule has 0 spiro atoms. The first kappa shape index (κ1) is 21.6. The summed E-state index contributed by atoms with van der Waals surface area (Å²) in [5.41, 5.74) is -0.307. The molecule has 0 N–H and O–H groups in total. The number of carbonyl (C=O) groups is 3. The van der Waals surface area contributed by atoms with E-state index in [0.29, 0.717) is 22.2 Å². The highest BCUT2D eigenvalue weighted by Crippen LogP contribution is 2.58. The molecule has 0 unspecified atom stereocenters. The number of methoxy groups -OCH3 is 1. The quantitative estimate of drug-likeness (QED) is 0.499. The predicted octanol–water partition coefficient (Wildman–Crippen LogP) is 3.82. The van der Waals surface area contributed by atoms with Crippen molar-refractivity contribution in [3.05, 3.63) is 53.1 Å². The van der Waals surface area contributed by atoms with Crippen LogP contribution < -0.4 is 14.4 Å². The van der Waals surface area contributed by atoms with Crippen LogP contribution in [0, 0.1) is 11.8 Å². The highest BCUT2D eigenvalue weighted by molar-refractivity contribution is 6.31.